The van der Waals surface area contributed by atoms with Crippen LogP contribution in [0.4, 0.5) is 0 Å². The Balaban J connectivity index is 2.13. The first kappa shape index (κ1) is 20.3. The average molecular weight is 354 g/mol. The monoisotopic (exact) mass is 354 g/mol. The van der Waals surface area contributed by atoms with Crippen LogP contribution in [0.5, 0.6) is 0 Å². The third-order valence-electron chi connectivity index (χ3n) is 4.60. The maximum atomic E-state index is 13.0. The molecule has 0 saturated carbocycles. The first-order valence-electron chi connectivity index (χ1n) is 9.58. The Morgan fingerprint density at radius 1 is 0.885 bits per heavy atom. The van der Waals surface area contributed by atoms with Crippen molar-refractivity contribution in [3.63, 3.8) is 0 Å². The fourth-order valence-electron chi connectivity index (χ4n) is 3.22. The number of ketones is 1. The zero-order valence-corrected chi connectivity index (χ0v) is 16.1. The number of Topliss-reactive ketones (excluding diaryl/α,β-unsaturated/α-hetero) is 1. The van der Waals surface area contributed by atoms with Crippen molar-refractivity contribution in [2.75, 3.05) is 13.2 Å². The van der Waals surface area contributed by atoms with Crippen LogP contribution in [0.3, 0.4) is 0 Å². The van der Waals surface area contributed by atoms with Crippen LogP contribution in [0.15, 0.2) is 54.6 Å². The summed E-state index contributed by atoms with van der Waals surface area (Å²) < 4.78 is 11.3. The molecule has 2 rings (SSSR count). The van der Waals surface area contributed by atoms with E-state index in [9.17, 15) is 4.79 Å². The van der Waals surface area contributed by atoms with Gasteiger partial charge in [-0.25, -0.2) is 0 Å². The zero-order chi connectivity index (χ0) is 18.8. The van der Waals surface area contributed by atoms with Crippen molar-refractivity contribution in [2.45, 2.75) is 46.3 Å². The van der Waals surface area contributed by atoms with E-state index in [1.165, 1.54) is 0 Å². The summed E-state index contributed by atoms with van der Waals surface area (Å²) >= 11 is 0. The fourth-order valence-corrected chi connectivity index (χ4v) is 3.22. The van der Waals surface area contributed by atoms with Crippen molar-refractivity contribution in [3.05, 3.63) is 60.2 Å². The van der Waals surface area contributed by atoms with Crippen LogP contribution in [0.25, 0.3) is 11.1 Å². The van der Waals surface area contributed by atoms with Crippen molar-refractivity contribution < 1.29 is 14.3 Å². The lowest BCUT2D eigenvalue weighted by atomic mass is 9.89. The third-order valence-corrected chi connectivity index (χ3v) is 4.60. The molecule has 0 bridgehead atoms. The van der Waals surface area contributed by atoms with Gasteiger partial charge in [0.25, 0.3) is 0 Å². The fraction of sp³-hybridized carbons (Fsp3) is 0.435. The summed E-state index contributed by atoms with van der Waals surface area (Å²) in [6.07, 6.45) is 1.55. The van der Waals surface area contributed by atoms with Crippen LogP contribution < -0.4 is 0 Å². The zero-order valence-electron chi connectivity index (χ0n) is 16.1. The number of hydrogen-bond donors (Lipinski definition) is 0. The average Bonchev–Trinajstić information content (AvgIpc) is 2.67. The number of ether oxygens (including phenoxy) is 2. The van der Waals surface area contributed by atoms with Gasteiger partial charge in [0.05, 0.1) is 0 Å². The van der Waals surface area contributed by atoms with Gasteiger partial charge in [-0.1, -0.05) is 61.5 Å². The van der Waals surface area contributed by atoms with Crippen molar-refractivity contribution in [1.29, 1.82) is 0 Å². The maximum absolute atomic E-state index is 13.0. The highest BCUT2D eigenvalue weighted by Crippen LogP contribution is 2.26. The van der Waals surface area contributed by atoms with Crippen molar-refractivity contribution in [3.8, 4) is 11.1 Å². The molecule has 0 heterocycles. The van der Waals surface area contributed by atoms with Gasteiger partial charge in [0, 0.05) is 32.0 Å². The summed E-state index contributed by atoms with van der Waals surface area (Å²) in [6.45, 7) is 7.13. The summed E-state index contributed by atoms with van der Waals surface area (Å²) in [5.41, 5.74) is 3.35. The second-order valence-electron chi connectivity index (χ2n) is 6.35. The van der Waals surface area contributed by atoms with Crippen LogP contribution >= 0.6 is 0 Å². The molecule has 1 unspecified atom stereocenters. The largest absolute Gasteiger partial charge is 0.353 e. The van der Waals surface area contributed by atoms with Gasteiger partial charge in [-0.05, 0) is 37.0 Å². The molecule has 140 valence electrons. The molecule has 0 N–H and O–H groups in total. The van der Waals surface area contributed by atoms with Gasteiger partial charge in [-0.3, -0.25) is 4.79 Å². The van der Waals surface area contributed by atoms with Gasteiger partial charge in [0.2, 0.25) is 0 Å². The normalized spacial score (nSPS) is 12.3. The van der Waals surface area contributed by atoms with Gasteiger partial charge in [-0.15, -0.1) is 0 Å². The molecule has 0 aliphatic carbocycles. The van der Waals surface area contributed by atoms with Gasteiger partial charge in [0.15, 0.2) is 6.29 Å². The standard InChI is InChI=1S/C23H30O3/c1-4-18(17-23(25-5-2)26-6-3)22(24)16-20-14-10-11-15-21(20)19-12-8-7-9-13-19/h7-15,18,23H,4-6,16-17H2,1-3H3. The third kappa shape index (κ3) is 5.79. The quantitative estimate of drug-likeness (QED) is 0.515. The van der Waals surface area contributed by atoms with Crippen LogP contribution in [-0.2, 0) is 20.7 Å². The molecule has 0 saturated heterocycles. The highest BCUT2D eigenvalue weighted by atomic mass is 16.7. The molecular weight excluding hydrogens is 324 g/mol. The molecule has 0 spiro atoms. The number of benzene rings is 2. The van der Waals surface area contributed by atoms with Crippen molar-refractivity contribution in [1.82, 2.24) is 0 Å². The molecule has 0 radical (unpaired) electrons. The van der Waals surface area contributed by atoms with E-state index in [0.29, 0.717) is 26.1 Å². The van der Waals surface area contributed by atoms with Crippen LogP contribution in [0.1, 0.15) is 39.2 Å². The number of hydrogen-bond acceptors (Lipinski definition) is 3. The molecule has 0 aliphatic heterocycles. The molecule has 0 aliphatic rings. The topological polar surface area (TPSA) is 35.5 Å². The van der Waals surface area contributed by atoms with Crippen LogP contribution in [-0.4, -0.2) is 25.3 Å². The van der Waals surface area contributed by atoms with Crippen LogP contribution in [0, 0.1) is 5.92 Å². The Morgan fingerprint density at radius 3 is 2.12 bits per heavy atom. The number of carbonyl (C=O) groups is 1. The van der Waals surface area contributed by atoms with E-state index < -0.39 is 0 Å². The minimum absolute atomic E-state index is 0.0538. The van der Waals surface area contributed by atoms with E-state index in [0.717, 1.165) is 23.1 Å². The Hall–Kier alpha value is -1.97. The summed E-state index contributed by atoms with van der Waals surface area (Å²) in [4.78, 5) is 13.0. The van der Waals surface area contributed by atoms with Gasteiger partial charge < -0.3 is 9.47 Å². The summed E-state index contributed by atoms with van der Waals surface area (Å²) in [6, 6.07) is 18.4. The molecule has 0 fully saturated rings. The van der Waals surface area contributed by atoms with E-state index in [4.69, 9.17) is 9.47 Å². The first-order chi connectivity index (χ1) is 12.7. The van der Waals surface area contributed by atoms with E-state index >= 15 is 0 Å². The molecule has 2 aromatic carbocycles. The molecule has 2 aromatic rings. The van der Waals surface area contributed by atoms with E-state index in [1.54, 1.807) is 0 Å². The second-order valence-corrected chi connectivity index (χ2v) is 6.35. The molecule has 1 atom stereocenters. The van der Waals surface area contributed by atoms with Gasteiger partial charge >= 0.3 is 0 Å². The highest BCUT2D eigenvalue weighted by molar-refractivity contribution is 5.85. The lowest BCUT2D eigenvalue weighted by molar-refractivity contribution is -0.152. The lowest BCUT2D eigenvalue weighted by Crippen LogP contribution is -2.26. The molecule has 0 amide bonds. The molecule has 0 aromatic heterocycles. The van der Waals surface area contributed by atoms with E-state index in [-0.39, 0.29) is 18.0 Å². The van der Waals surface area contributed by atoms with Crippen LogP contribution in [0.2, 0.25) is 0 Å². The summed E-state index contributed by atoms with van der Waals surface area (Å²) in [5.74, 6) is 0.196. The maximum Gasteiger partial charge on any atom is 0.158 e. The van der Waals surface area contributed by atoms with E-state index in [1.807, 2.05) is 44.2 Å². The molecule has 3 heteroatoms. The van der Waals surface area contributed by atoms with E-state index in [2.05, 4.69) is 31.2 Å². The van der Waals surface area contributed by atoms with Gasteiger partial charge in [0.1, 0.15) is 5.78 Å². The Morgan fingerprint density at radius 2 is 1.50 bits per heavy atom. The highest BCUT2D eigenvalue weighted by Gasteiger charge is 2.23. The minimum Gasteiger partial charge on any atom is -0.353 e. The molecular formula is C23H30O3. The first-order valence-corrected chi connectivity index (χ1v) is 9.58. The Bertz CT molecular complexity index is 660. The minimum atomic E-state index is -0.303. The predicted molar refractivity (Wildman–Crippen MR) is 106 cm³/mol. The smallest absolute Gasteiger partial charge is 0.158 e. The number of rotatable bonds is 11. The molecule has 26 heavy (non-hydrogen) atoms. The second kappa shape index (κ2) is 10.9. The Kier molecular flexibility index (Phi) is 8.52. The summed E-state index contributed by atoms with van der Waals surface area (Å²) in [7, 11) is 0. The number of carbonyl (C=O) groups excluding carboxylic acids is 1. The van der Waals surface area contributed by atoms with Crippen molar-refractivity contribution in [2.24, 2.45) is 5.92 Å². The SMILES string of the molecule is CCOC(CC(CC)C(=O)Cc1ccccc1-c1ccccc1)OCC. The molecule has 3 nitrogen and oxygen atoms in total. The summed E-state index contributed by atoms with van der Waals surface area (Å²) in [5, 5.41) is 0. The van der Waals surface area contributed by atoms with Gasteiger partial charge in [-0.2, -0.15) is 0 Å². The lowest BCUT2D eigenvalue weighted by Gasteiger charge is -2.22. The Labute approximate surface area is 157 Å². The van der Waals surface area contributed by atoms with Crippen molar-refractivity contribution >= 4 is 5.78 Å². The predicted octanol–water partition coefficient (Wildman–Crippen LogP) is 5.28.